The van der Waals surface area contributed by atoms with Crippen LogP contribution in [-0.2, 0) is 0 Å². The molecule has 0 aliphatic heterocycles. The van der Waals surface area contributed by atoms with E-state index in [-0.39, 0.29) is 6.61 Å². The standard InChI is InChI=1S/C9H21NO2S/c1-9(8-12)7-10-3-6-13-5-2-4-11/h9-12H,2-8H2,1H3. The van der Waals surface area contributed by atoms with Gasteiger partial charge in [0, 0.05) is 25.5 Å². The van der Waals surface area contributed by atoms with Crippen molar-refractivity contribution in [3.8, 4) is 0 Å². The molecule has 0 radical (unpaired) electrons. The summed E-state index contributed by atoms with van der Waals surface area (Å²) in [6.45, 7) is 4.44. The van der Waals surface area contributed by atoms with E-state index in [0.717, 1.165) is 31.0 Å². The van der Waals surface area contributed by atoms with Crippen LogP contribution in [0.5, 0.6) is 0 Å². The van der Waals surface area contributed by atoms with Gasteiger partial charge in [0.2, 0.25) is 0 Å². The monoisotopic (exact) mass is 207 g/mol. The predicted molar refractivity (Wildman–Crippen MR) is 58.1 cm³/mol. The van der Waals surface area contributed by atoms with Crippen molar-refractivity contribution in [2.75, 3.05) is 37.8 Å². The number of aliphatic hydroxyl groups excluding tert-OH is 2. The Bertz CT molecular complexity index is 104. The van der Waals surface area contributed by atoms with Crippen molar-refractivity contribution >= 4 is 11.8 Å². The maximum Gasteiger partial charge on any atom is 0.0468 e. The lowest BCUT2D eigenvalue weighted by atomic mass is 10.2. The van der Waals surface area contributed by atoms with Crippen LogP contribution in [-0.4, -0.2) is 48.0 Å². The largest absolute Gasteiger partial charge is 0.396 e. The molecule has 0 saturated heterocycles. The molecule has 0 rings (SSSR count). The molecule has 0 bridgehead atoms. The molecule has 0 aromatic heterocycles. The molecule has 0 aliphatic carbocycles. The zero-order valence-electron chi connectivity index (χ0n) is 8.33. The van der Waals surface area contributed by atoms with Crippen molar-refractivity contribution < 1.29 is 10.2 Å². The Labute approximate surface area is 84.9 Å². The zero-order valence-corrected chi connectivity index (χ0v) is 9.15. The molecule has 0 aliphatic rings. The van der Waals surface area contributed by atoms with Crippen molar-refractivity contribution in [1.29, 1.82) is 0 Å². The highest BCUT2D eigenvalue weighted by atomic mass is 32.2. The van der Waals surface area contributed by atoms with Crippen LogP contribution in [0.25, 0.3) is 0 Å². The topological polar surface area (TPSA) is 52.5 Å². The van der Waals surface area contributed by atoms with Crippen LogP contribution in [0.2, 0.25) is 0 Å². The van der Waals surface area contributed by atoms with Crippen LogP contribution < -0.4 is 5.32 Å². The van der Waals surface area contributed by atoms with Crippen LogP contribution in [0.15, 0.2) is 0 Å². The molecule has 1 atom stereocenters. The number of hydrogen-bond acceptors (Lipinski definition) is 4. The molecule has 0 saturated carbocycles. The van der Waals surface area contributed by atoms with Crippen molar-refractivity contribution in [1.82, 2.24) is 5.32 Å². The van der Waals surface area contributed by atoms with E-state index in [2.05, 4.69) is 5.32 Å². The number of rotatable bonds is 9. The third kappa shape index (κ3) is 10.1. The fourth-order valence-corrected chi connectivity index (χ4v) is 1.65. The van der Waals surface area contributed by atoms with E-state index in [1.54, 1.807) is 0 Å². The lowest BCUT2D eigenvalue weighted by Gasteiger charge is -2.08. The Morgan fingerprint density at radius 2 is 2.08 bits per heavy atom. The van der Waals surface area contributed by atoms with Gasteiger partial charge in [-0.05, 0) is 24.6 Å². The Balaban J connectivity index is 2.91. The van der Waals surface area contributed by atoms with Gasteiger partial charge in [-0.25, -0.2) is 0 Å². The van der Waals surface area contributed by atoms with Gasteiger partial charge in [-0.2, -0.15) is 11.8 Å². The van der Waals surface area contributed by atoms with Crippen molar-refractivity contribution in [3.05, 3.63) is 0 Å². The second-order valence-electron chi connectivity index (χ2n) is 3.18. The van der Waals surface area contributed by atoms with Crippen LogP contribution in [0.4, 0.5) is 0 Å². The van der Waals surface area contributed by atoms with Gasteiger partial charge >= 0.3 is 0 Å². The second kappa shape index (κ2) is 10.3. The van der Waals surface area contributed by atoms with E-state index >= 15 is 0 Å². The molecule has 0 aromatic rings. The number of aliphatic hydroxyl groups is 2. The molecule has 0 amide bonds. The van der Waals surface area contributed by atoms with Gasteiger partial charge in [-0.1, -0.05) is 6.92 Å². The molecule has 1 unspecified atom stereocenters. The third-order valence-corrected chi connectivity index (χ3v) is 2.74. The average molecular weight is 207 g/mol. The minimum atomic E-state index is 0.255. The lowest BCUT2D eigenvalue weighted by molar-refractivity contribution is 0.234. The number of hydrogen-bond donors (Lipinski definition) is 3. The zero-order chi connectivity index (χ0) is 9.94. The van der Waals surface area contributed by atoms with E-state index in [0.29, 0.717) is 12.5 Å². The van der Waals surface area contributed by atoms with E-state index < -0.39 is 0 Å². The summed E-state index contributed by atoms with van der Waals surface area (Å²) in [6.07, 6.45) is 0.887. The fourth-order valence-electron chi connectivity index (χ4n) is 0.826. The molecule has 0 heterocycles. The van der Waals surface area contributed by atoms with Gasteiger partial charge in [0.15, 0.2) is 0 Å². The van der Waals surface area contributed by atoms with E-state index in [9.17, 15) is 0 Å². The Kier molecular flexibility index (Phi) is 10.5. The van der Waals surface area contributed by atoms with Gasteiger partial charge in [0.05, 0.1) is 0 Å². The fraction of sp³-hybridized carbons (Fsp3) is 1.00. The highest BCUT2D eigenvalue weighted by Gasteiger charge is 1.97. The Hall–Kier alpha value is 0.230. The molecule has 3 nitrogen and oxygen atoms in total. The Morgan fingerprint density at radius 1 is 1.31 bits per heavy atom. The molecule has 4 heteroatoms. The molecular weight excluding hydrogens is 186 g/mol. The SMILES string of the molecule is CC(CO)CNCCSCCCO. The number of thioether (sulfide) groups is 1. The molecule has 3 N–H and O–H groups in total. The highest BCUT2D eigenvalue weighted by Crippen LogP contribution is 2.00. The van der Waals surface area contributed by atoms with Crippen molar-refractivity contribution in [2.45, 2.75) is 13.3 Å². The summed E-state index contributed by atoms with van der Waals surface area (Å²) in [7, 11) is 0. The molecule has 80 valence electrons. The minimum absolute atomic E-state index is 0.255. The van der Waals surface area contributed by atoms with Crippen molar-refractivity contribution in [3.63, 3.8) is 0 Å². The lowest BCUT2D eigenvalue weighted by Crippen LogP contribution is -2.25. The second-order valence-corrected chi connectivity index (χ2v) is 4.41. The third-order valence-electron chi connectivity index (χ3n) is 1.67. The predicted octanol–water partition coefficient (Wildman–Crippen LogP) is 0.320. The summed E-state index contributed by atoms with van der Waals surface area (Å²) >= 11 is 1.85. The summed E-state index contributed by atoms with van der Waals surface area (Å²) < 4.78 is 0. The molecule has 0 fully saturated rings. The first-order valence-electron chi connectivity index (χ1n) is 4.81. The maximum atomic E-state index is 8.73. The van der Waals surface area contributed by atoms with Gasteiger partial charge in [0.25, 0.3) is 0 Å². The van der Waals surface area contributed by atoms with E-state index in [4.69, 9.17) is 10.2 Å². The van der Waals surface area contributed by atoms with Crippen LogP contribution >= 0.6 is 11.8 Å². The smallest absolute Gasteiger partial charge is 0.0468 e. The normalized spacial score (nSPS) is 13.2. The van der Waals surface area contributed by atoms with Gasteiger partial charge < -0.3 is 15.5 Å². The summed E-state index contributed by atoms with van der Waals surface area (Å²) in [5.74, 6) is 2.47. The minimum Gasteiger partial charge on any atom is -0.396 e. The molecular formula is C9H21NO2S. The maximum absolute atomic E-state index is 8.73. The molecule has 13 heavy (non-hydrogen) atoms. The summed E-state index contributed by atoms with van der Waals surface area (Å²) in [6, 6.07) is 0. The quantitative estimate of drug-likeness (QED) is 0.477. The van der Waals surface area contributed by atoms with E-state index in [1.807, 2.05) is 18.7 Å². The summed E-state index contributed by atoms with van der Waals surface area (Å²) in [5, 5.41) is 20.5. The first-order chi connectivity index (χ1) is 6.31. The first-order valence-corrected chi connectivity index (χ1v) is 5.97. The van der Waals surface area contributed by atoms with E-state index in [1.165, 1.54) is 0 Å². The summed E-state index contributed by atoms with van der Waals surface area (Å²) in [5.41, 5.74) is 0. The van der Waals surface area contributed by atoms with Crippen LogP contribution in [0.1, 0.15) is 13.3 Å². The van der Waals surface area contributed by atoms with Gasteiger partial charge in [0.1, 0.15) is 0 Å². The van der Waals surface area contributed by atoms with Crippen molar-refractivity contribution in [2.24, 2.45) is 5.92 Å². The van der Waals surface area contributed by atoms with Crippen LogP contribution in [0.3, 0.4) is 0 Å². The van der Waals surface area contributed by atoms with Crippen LogP contribution in [0, 0.1) is 5.92 Å². The summed E-state index contributed by atoms with van der Waals surface area (Å²) in [4.78, 5) is 0. The van der Waals surface area contributed by atoms with Gasteiger partial charge in [-0.15, -0.1) is 0 Å². The highest BCUT2D eigenvalue weighted by molar-refractivity contribution is 7.99. The molecule has 0 spiro atoms. The number of nitrogens with one attached hydrogen (secondary N) is 1. The molecule has 0 aromatic carbocycles. The average Bonchev–Trinajstić information content (AvgIpc) is 2.16. The first kappa shape index (κ1) is 13.2. The Morgan fingerprint density at radius 3 is 2.69 bits per heavy atom. The van der Waals surface area contributed by atoms with Gasteiger partial charge in [-0.3, -0.25) is 0 Å².